The molecule has 0 aromatic carbocycles. The summed E-state index contributed by atoms with van der Waals surface area (Å²) in [5, 5.41) is 7.49. The Kier molecular flexibility index (Phi) is 9.76. The predicted octanol–water partition coefficient (Wildman–Crippen LogP) is 4.91. The first-order chi connectivity index (χ1) is 17.0. The summed E-state index contributed by atoms with van der Waals surface area (Å²) in [4.78, 5) is 31.8. The number of rotatable bonds is 9. The first kappa shape index (κ1) is 26.3. The molecule has 2 N–H and O–H groups in total. The molecule has 0 spiro atoms. The molecule has 1 heterocycles. The maximum atomic E-state index is 13.3. The molecule has 8 heteroatoms. The number of nitrogens with two attached hydrogens (primary N) is 1. The Bertz CT molecular complexity index is 1020. The first-order valence-electron chi connectivity index (χ1n) is 12.6. The highest BCUT2D eigenvalue weighted by Crippen LogP contribution is 2.35. The second kappa shape index (κ2) is 13.0. The number of allylic oxidation sites excluding steroid dienone is 5. The van der Waals surface area contributed by atoms with Crippen LogP contribution in [0.1, 0.15) is 65.7 Å². The molecule has 0 radical (unpaired) electrons. The average Bonchev–Trinajstić information content (AvgIpc) is 3.03. The number of aliphatic imine (C=N–C) groups is 1. The second-order valence-electron chi connectivity index (χ2n) is 8.98. The van der Waals surface area contributed by atoms with Gasteiger partial charge in [-0.2, -0.15) is 0 Å². The highest BCUT2D eigenvalue weighted by Gasteiger charge is 2.27. The van der Waals surface area contributed by atoms with E-state index in [4.69, 9.17) is 15.6 Å². The number of carbonyl (C=O) groups excluding carboxylic acids is 2. The van der Waals surface area contributed by atoms with Crippen LogP contribution in [0.3, 0.4) is 0 Å². The zero-order chi connectivity index (χ0) is 25.2. The molecule has 1 amide bonds. The predicted molar refractivity (Wildman–Crippen MR) is 138 cm³/mol. The van der Waals surface area contributed by atoms with E-state index in [-0.39, 0.29) is 17.9 Å². The van der Waals surface area contributed by atoms with E-state index >= 15 is 0 Å². The number of nitrogens with zero attached hydrogens (tertiary/aromatic N) is 4. The summed E-state index contributed by atoms with van der Waals surface area (Å²) in [7, 11) is 0. The zero-order valence-corrected chi connectivity index (χ0v) is 21.1. The van der Waals surface area contributed by atoms with Crippen molar-refractivity contribution in [1.29, 1.82) is 0 Å². The summed E-state index contributed by atoms with van der Waals surface area (Å²) in [6.45, 7) is 7.82. The van der Waals surface area contributed by atoms with E-state index in [1.165, 1.54) is 11.1 Å². The third-order valence-electron chi connectivity index (χ3n) is 6.32. The number of carbonyl (C=O) groups is 2. The first-order valence-corrected chi connectivity index (χ1v) is 12.6. The van der Waals surface area contributed by atoms with Crippen molar-refractivity contribution in [3.05, 3.63) is 58.2 Å². The third-order valence-corrected chi connectivity index (χ3v) is 6.32. The number of amidine groups is 1. The fraction of sp³-hybridized carbons (Fsp3) is 0.519. The van der Waals surface area contributed by atoms with Crippen LogP contribution < -0.4 is 5.84 Å². The summed E-state index contributed by atoms with van der Waals surface area (Å²) in [6, 6.07) is -0.141. The Morgan fingerprint density at radius 1 is 1.09 bits per heavy atom. The van der Waals surface area contributed by atoms with Gasteiger partial charge in [-0.05, 0) is 61.8 Å². The number of fused-ring (bicyclic) bond motifs is 1. The maximum Gasteiger partial charge on any atom is 0.309 e. The van der Waals surface area contributed by atoms with Crippen molar-refractivity contribution in [2.45, 2.75) is 71.8 Å². The molecular weight excluding hydrogens is 442 g/mol. The van der Waals surface area contributed by atoms with Gasteiger partial charge >= 0.3 is 5.97 Å². The summed E-state index contributed by atoms with van der Waals surface area (Å²) in [5.74, 6) is 5.68. The Morgan fingerprint density at radius 2 is 1.83 bits per heavy atom. The normalized spacial score (nSPS) is 19.9. The lowest BCUT2D eigenvalue weighted by Crippen LogP contribution is -2.34. The zero-order valence-electron chi connectivity index (χ0n) is 21.1. The van der Waals surface area contributed by atoms with Crippen LogP contribution >= 0.6 is 0 Å². The molecule has 1 aliphatic heterocycles. The van der Waals surface area contributed by atoms with Crippen LogP contribution in [0.25, 0.3) is 0 Å². The largest absolute Gasteiger partial charge is 0.466 e. The molecule has 1 atom stereocenters. The third kappa shape index (κ3) is 7.10. The lowest BCUT2D eigenvalue weighted by atomic mass is 9.84. The van der Waals surface area contributed by atoms with E-state index in [1.54, 1.807) is 0 Å². The summed E-state index contributed by atoms with van der Waals surface area (Å²) in [6.07, 6.45) is 15.2. The highest BCUT2D eigenvalue weighted by molar-refractivity contribution is 6.01. The standard InChI is InChI=1S/C27H37N5O3/c1-4-13-32(14-5-2)27(34)23-16-22-12-11-21(17-24(22)29-25(18-23)30-31-28)20-9-7-19(8-10-20)15-26(33)35-6-3/h7,9,11-12,16,24H,4-6,8,10,13-15,17-18H2,1-3H3,(H2,28,29,30). The lowest BCUT2D eigenvalue weighted by molar-refractivity contribution is -0.142. The van der Waals surface area contributed by atoms with E-state index in [9.17, 15) is 9.59 Å². The quantitative estimate of drug-likeness (QED) is 0.219. The van der Waals surface area contributed by atoms with Crippen molar-refractivity contribution in [2.24, 2.45) is 21.2 Å². The minimum atomic E-state index is -0.178. The van der Waals surface area contributed by atoms with Crippen LogP contribution in [-0.2, 0) is 14.3 Å². The van der Waals surface area contributed by atoms with Crippen LogP contribution in [0.15, 0.2) is 73.6 Å². The van der Waals surface area contributed by atoms with Crippen molar-refractivity contribution in [3.8, 4) is 0 Å². The minimum absolute atomic E-state index is 0.0270. The van der Waals surface area contributed by atoms with Gasteiger partial charge in [-0.15, -0.1) is 5.11 Å². The number of hydrogen-bond acceptors (Lipinski definition) is 6. The number of amides is 1. The molecule has 1 unspecified atom stereocenters. The molecule has 2 aliphatic carbocycles. The molecule has 188 valence electrons. The SMILES string of the molecule is CCCN(CCC)C(=O)C1=CC2=CC=C(C3=CC=C(CC(=O)OCC)CC3)CC2N=C(N=NN)C1. The molecule has 0 saturated heterocycles. The van der Waals surface area contributed by atoms with E-state index in [0.29, 0.717) is 37.3 Å². The van der Waals surface area contributed by atoms with Crippen LogP contribution in [-0.4, -0.2) is 48.4 Å². The van der Waals surface area contributed by atoms with Crippen molar-refractivity contribution < 1.29 is 14.3 Å². The Hall–Kier alpha value is -3.29. The van der Waals surface area contributed by atoms with Crippen LogP contribution in [0, 0.1) is 0 Å². The van der Waals surface area contributed by atoms with Crippen molar-refractivity contribution in [1.82, 2.24) is 4.90 Å². The topological polar surface area (TPSA) is 110 Å². The fourth-order valence-corrected chi connectivity index (χ4v) is 4.67. The van der Waals surface area contributed by atoms with Crippen LogP contribution in [0.5, 0.6) is 0 Å². The van der Waals surface area contributed by atoms with Crippen molar-refractivity contribution >= 4 is 17.7 Å². The molecule has 0 aromatic rings. The van der Waals surface area contributed by atoms with Crippen LogP contribution in [0.4, 0.5) is 0 Å². The van der Waals surface area contributed by atoms with E-state index < -0.39 is 0 Å². The maximum absolute atomic E-state index is 13.3. The molecule has 0 bridgehead atoms. The van der Waals surface area contributed by atoms with E-state index in [1.807, 2.05) is 24.0 Å². The summed E-state index contributed by atoms with van der Waals surface area (Å²) < 4.78 is 5.06. The fourth-order valence-electron chi connectivity index (χ4n) is 4.67. The monoisotopic (exact) mass is 479 g/mol. The molecule has 0 saturated carbocycles. The lowest BCUT2D eigenvalue weighted by Gasteiger charge is -2.24. The van der Waals surface area contributed by atoms with Gasteiger partial charge in [0.05, 0.1) is 19.1 Å². The minimum Gasteiger partial charge on any atom is -0.466 e. The Balaban J connectivity index is 1.85. The smallest absolute Gasteiger partial charge is 0.309 e. The van der Waals surface area contributed by atoms with Gasteiger partial charge in [-0.1, -0.05) is 48.9 Å². The van der Waals surface area contributed by atoms with Gasteiger partial charge in [-0.3, -0.25) is 14.6 Å². The number of hydrogen-bond donors (Lipinski definition) is 1. The second-order valence-corrected chi connectivity index (χ2v) is 8.98. The molecule has 35 heavy (non-hydrogen) atoms. The molecule has 3 aliphatic rings. The summed E-state index contributed by atoms with van der Waals surface area (Å²) >= 11 is 0. The van der Waals surface area contributed by atoms with Gasteiger partial charge in [0.1, 0.15) is 0 Å². The van der Waals surface area contributed by atoms with E-state index in [2.05, 4.69) is 42.4 Å². The van der Waals surface area contributed by atoms with Gasteiger partial charge in [0, 0.05) is 25.1 Å². The van der Waals surface area contributed by atoms with Crippen molar-refractivity contribution in [2.75, 3.05) is 19.7 Å². The Morgan fingerprint density at radius 3 is 2.46 bits per heavy atom. The van der Waals surface area contributed by atoms with Crippen molar-refractivity contribution in [3.63, 3.8) is 0 Å². The van der Waals surface area contributed by atoms with E-state index in [0.717, 1.165) is 49.9 Å². The summed E-state index contributed by atoms with van der Waals surface area (Å²) in [5.41, 5.74) is 5.22. The molecular formula is C27H37N5O3. The number of esters is 1. The van der Waals surface area contributed by atoms with Crippen LogP contribution in [0.2, 0.25) is 0 Å². The molecule has 0 fully saturated rings. The molecule has 8 nitrogen and oxygen atoms in total. The molecule has 0 aromatic heterocycles. The van der Waals surface area contributed by atoms with Gasteiger partial charge in [0.2, 0.25) is 5.91 Å². The van der Waals surface area contributed by atoms with Gasteiger partial charge < -0.3 is 15.5 Å². The molecule has 3 rings (SSSR count). The van der Waals surface area contributed by atoms with Gasteiger partial charge in [-0.25, -0.2) is 0 Å². The average molecular weight is 480 g/mol. The number of ether oxygens (including phenoxy) is 1. The van der Waals surface area contributed by atoms with Gasteiger partial charge in [0.15, 0.2) is 5.84 Å². The highest BCUT2D eigenvalue weighted by atomic mass is 16.5. The Labute approximate surface area is 208 Å². The van der Waals surface area contributed by atoms with Gasteiger partial charge in [0.25, 0.3) is 0 Å².